The number of rotatable bonds is 6. The monoisotopic (exact) mass is 282 g/mol. The third-order valence-corrected chi connectivity index (χ3v) is 3.20. The van der Waals surface area contributed by atoms with Crippen LogP contribution in [0.5, 0.6) is 0 Å². The van der Waals surface area contributed by atoms with E-state index in [-0.39, 0.29) is 6.04 Å². The van der Waals surface area contributed by atoms with Crippen LogP contribution in [0.4, 0.5) is 13.2 Å². The van der Waals surface area contributed by atoms with Crippen LogP contribution in [0.15, 0.2) is 0 Å². The fourth-order valence-corrected chi connectivity index (χ4v) is 2.00. The van der Waals surface area contributed by atoms with Gasteiger partial charge in [0.1, 0.15) is 12.7 Å². The molecule has 0 aromatic rings. The van der Waals surface area contributed by atoms with Gasteiger partial charge in [0.15, 0.2) is 0 Å². The van der Waals surface area contributed by atoms with E-state index in [0.29, 0.717) is 6.54 Å². The molecule has 0 radical (unpaired) electrons. The van der Waals surface area contributed by atoms with Crippen LogP contribution < -0.4 is 5.32 Å². The van der Waals surface area contributed by atoms with Crippen LogP contribution in [-0.2, 0) is 9.53 Å². The minimum atomic E-state index is -4.41. The average Bonchev–Trinajstić information content (AvgIpc) is 2.85. The Kier molecular flexibility index (Phi) is 6.06. The highest BCUT2D eigenvalue weighted by atomic mass is 19.4. The van der Waals surface area contributed by atoms with Gasteiger partial charge in [-0.15, -0.1) is 0 Å². The van der Waals surface area contributed by atoms with E-state index in [9.17, 15) is 18.0 Å². The summed E-state index contributed by atoms with van der Waals surface area (Å²) in [7, 11) is 0. The average molecular weight is 282 g/mol. The zero-order chi connectivity index (χ0) is 14.5. The number of ether oxygens (including phenoxy) is 1. The number of carbonyl (C=O) groups is 1. The first-order valence-corrected chi connectivity index (χ1v) is 6.49. The number of hydrogen-bond donors (Lipinski definition) is 1. The Bertz CT molecular complexity index is 291. The summed E-state index contributed by atoms with van der Waals surface area (Å²) in [6.45, 7) is 4.37. The second kappa shape index (κ2) is 7.09. The molecule has 1 heterocycles. The Morgan fingerprint density at radius 2 is 1.89 bits per heavy atom. The third kappa shape index (κ3) is 6.24. The number of carbonyl (C=O) groups excluding carboxylic acids is 1. The van der Waals surface area contributed by atoms with Crippen molar-refractivity contribution in [2.75, 3.05) is 26.2 Å². The first-order chi connectivity index (χ1) is 8.79. The van der Waals surface area contributed by atoms with Crippen molar-refractivity contribution >= 4 is 5.91 Å². The normalized spacial score (nSPS) is 20.3. The van der Waals surface area contributed by atoms with E-state index < -0.39 is 24.8 Å². The summed E-state index contributed by atoms with van der Waals surface area (Å²) in [6, 6.07) is 0.196. The maximum absolute atomic E-state index is 11.9. The summed E-state index contributed by atoms with van der Waals surface area (Å²) in [5.74, 6) is -0.504. The molecule has 1 N–H and O–H groups in total. The maximum atomic E-state index is 11.9. The van der Waals surface area contributed by atoms with E-state index in [2.05, 4.69) is 15.0 Å². The van der Waals surface area contributed by atoms with E-state index in [0.717, 1.165) is 25.9 Å². The van der Waals surface area contributed by atoms with Crippen LogP contribution in [0.1, 0.15) is 26.7 Å². The molecular formula is C12H21F3N2O2. The summed E-state index contributed by atoms with van der Waals surface area (Å²) in [5.41, 5.74) is 0. The highest BCUT2D eigenvalue weighted by Gasteiger charge is 2.30. The Balaban J connectivity index is 2.22. The molecule has 0 aliphatic carbocycles. The van der Waals surface area contributed by atoms with Gasteiger partial charge in [-0.2, -0.15) is 13.2 Å². The van der Waals surface area contributed by atoms with E-state index in [4.69, 9.17) is 0 Å². The van der Waals surface area contributed by atoms with Gasteiger partial charge in [-0.3, -0.25) is 9.69 Å². The molecule has 0 saturated carbocycles. The Hall–Kier alpha value is -0.820. The lowest BCUT2D eigenvalue weighted by Crippen LogP contribution is -2.44. The summed E-state index contributed by atoms with van der Waals surface area (Å²) < 4.78 is 40.3. The molecule has 1 aliphatic rings. The second-order valence-electron chi connectivity index (χ2n) is 4.91. The van der Waals surface area contributed by atoms with Gasteiger partial charge in [-0.25, -0.2) is 0 Å². The molecule has 0 unspecified atom stereocenters. The van der Waals surface area contributed by atoms with Crippen LogP contribution in [0.2, 0.25) is 0 Å². The van der Waals surface area contributed by atoms with Crippen molar-refractivity contribution in [1.82, 2.24) is 10.2 Å². The topological polar surface area (TPSA) is 41.6 Å². The number of nitrogens with one attached hydrogen (secondary N) is 1. The van der Waals surface area contributed by atoms with Crippen molar-refractivity contribution in [3.8, 4) is 0 Å². The van der Waals surface area contributed by atoms with E-state index in [1.165, 1.54) is 6.92 Å². The molecule has 1 aliphatic heterocycles. The van der Waals surface area contributed by atoms with E-state index in [1.54, 1.807) is 0 Å². The van der Waals surface area contributed by atoms with Crippen molar-refractivity contribution in [2.24, 2.45) is 0 Å². The molecule has 112 valence electrons. The molecule has 1 fully saturated rings. The second-order valence-corrected chi connectivity index (χ2v) is 4.91. The molecule has 0 spiro atoms. The first-order valence-electron chi connectivity index (χ1n) is 6.49. The molecular weight excluding hydrogens is 261 g/mol. The molecule has 2 atom stereocenters. The number of likely N-dealkylation sites (tertiary alicyclic amines) is 1. The highest BCUT2D eigenvalue weighted by Crippen LogP contribution is 2.15. The fraction of sp³-hybridized carbons (Fsp3) is 0.917. The van der Waals surface area contributed by atoms with Gasteiger partial charge in [0.2, 0.25) is 5.91 Å². The minimum absolute atomic E-state index is 0.196. The molecule has 19 heavy (non-hydrogen) atoms. The molecule has 7 heteroatoms. The Morgan fingerprint density at radius 1 is 1.32 bits per heavy atom. The maximum Gasteiger partial charge on any atom is 0.411 e. The summed E-state index contributed by atoms with van der Waals surface area (Å²) in [4.78, 5) is 13.8. The molecule has 0 aromatic carbocycles. The smallest absolute Gasteiger partial charge is 0.359 e. The van der Waals surface area contributed by atoms with Gasteiger partial charge in [0, 0.05) is 12.6 Å². The van der Waals surface area contributed by atoms with Crippen molar-refractivity contribution in [2.45, 2.75) is 45.0 Å². The number of halogens is 3. The van der Waals surface area contributed by atoms with Gasteiger partial charge in [-0.05, 0) is 39.8 Å². The lowest BCUT2D eigenvalue weighted by molar-refractivity contribution is -0.185. The zero-order valence-corrected chi connectivity index (χ0v) is 11.3. The zero-order valence-electron chi connectivity index (χ0n) is 11.3. The van der Waals surface area contributed by atoms with Crippen LogP contribution >= 0.6 is 0 Å². The van der Waals surface area contributed by atoms with Gasteiger partial charge in [-0.1, -0.05) is 0 Å². The van der Waals surface area contributed by atoms with Crippen LogP contribution in [-0.4, -0.2) is 55.4 Å². The largest absolute Gasteiger partial charge is 0.411 e. The van der Waals surface area contributed by atoms with Crippen molar-refractivity contribution in [3.05, 3.63) is 0 Å². The Morgan fingerprint density at radius 3 is 2.42 bits per heavy atom. The predicted molar refractivity (Wildman–Crippen MR) is 64.7 cm³/mol. The lowest BCUT2D eigenvalue weighted by atomic mass is 10.3. The summed E-state index contributed by atoms with van der Waals surface area (Å²) in [5, 5.41) is 2.62. The number of amides is 1. The summed E-state index contributed by atoms with van der Waals surface area (Å²) >= 11 is 0. The van der Waals surface area contributed by atoms with Gasteiger partial charge < -0.3 is 10.1 Å². The van der Waals surface area contributed by atoms with Crippen LogP contribution in [0.3, 0.4) is 0 Å². The summed E-state index contributed by atoms with van der Waals surface area (Å²) in [6.07, 6.45) is -3.18. The molecule has 1 rings (SSSR count). The molecule has 1 amide bonds. The van der Waals surface area contributed by atoms with Crippen LogP contribution in [0.25, 0.3) is 0 Å². The number of hydrogen-bond acceptors (Lipinski definition) is 3. The van der Waals surface area contributed by atoms with Gasteiger partial charge >= 0.3 is 6.18 Å². The predicted octanol–water partition coefficient (Wildman–Crippen LogP) is 1.55. The van der Waals surface area contributed by atoms with E-state index >= 15 is 0 Å². The van der Waals surface area contributed by atoms with Gasteiger partial charge in [0.05, 0.1) is 0 Å². The van der Waals surface area contributed by atoms with Crippen LogP contribution in [0, 0.1) is 0 Å². The first kappa shape index (κ1) is 16.2. The van der Waals surface area contributed by atoms with E-state index in [1.807, 2.05) is 6.92 Å². The highest BCUT2D eigenvalue weighted by molar-refractivity contribution is 5.80. The van der Waals surface area contributed by atoms with Crippen molar-refractivity contribution in [3.63, 3.8) is 0 Å². The van der Waals surface area contributed by atoms with Crippen molar-refractivity contribution < 1.29 is 22.7 Å². The Labute approximate surface area is 111 Å². The molecule has 0 aromatic heterocycles. The third-order valence-electron chi connectivity index (χ3n) is 3.20. The molecule has 0 bridgehead atoms. The molecule has 1 saturated heterocycles. The number of alkyl halides is 3. The SMILES string of the molecule is C[C@H](OCC(F)(F)F)C(=O)NC[C@H](C)N1CCCC1. The minimum Gasteiger partial charge on any atom is -0.359 e. The fourth-order valence-electron chi connectivity index (χ4n) is 2.00. The molecule has 4 nitrogen and oxygen atoms in total. The van der Waals surface area contributed by atoms with Crippen molar-refractivity contribution in [1.29, 1.82) is 0 Å². The quantitative estimate of drug-likeness (QED) is 0.804. The standard InChI is InChI=1S/C12H21F3N2O2/c1-9(17-5-3-4-6-17)7-16-11(18)10(2)19-8-12(13,14)15/h9-10H,3-8H2,1-2H3,(H,16,18)/t9-,10-/m0/s1. The number of nitrogens with zero attached hydrogens (tertiary/aromatic N) is 1. The van der Waals surface area contributed by atoms with Gasteiger partial charge in [0.25, 0.3) is 0 Å². The lowest BCUT2D eigenvalue weighted by Gasteiger charge is -2.24.